The number of carbonyl (C=O) groups is 1. The largest absolute Gasteiger partial charge is 0.487 e. The molecule has 1 heterocycles. The predicted molar refractivity (Wildman–Crippen MR) is 103 cm³/mol. The van der Waals surface area contributed by atoms with E-state index in [4.69, 9.17) is 21.1 Å². The first kappa shape index (κ1) is 18.6. The predicted octanol–water partition coefficient (Wildman–Crippen LogP) is 4.92. The summed E-state index contributed by atoms with van der Waals surface area (Å²) in [6.45, 7) is 6.00. The molecular weight excluding hydrogens is 350 g/mol. The minimum atomic E-state index is -0.561. The van der Waals surface area contributed by atoms with Gasteiger partial charge in [0.2, 0.25) is 0 Å². The van der Waals surface area contributed by atoms with Gasteiger partial charge >= 0.3 is 0 Å². The van der Waals surface area contributed by atoms with E-state index in [1.54, 1.807) is 24.3 Å². The number of nitrogens with one attached hydrogen (secondary N) is 1. The van der Waals surface area contributed by atoms with E-state index in [1.807, 2.05) is 45.0 Å². The number of halogens is 1. The van der Waals surface area contributed by atoms with Crippen LogP contribution < -0.4 is 14.8 Å². The van der Waals surface area contributed by atoms with Gasteiger partial charge in [-0.25, -0.2) is 0 Å². The molecule has 0 radical (unpaired) electrons. The van der Waals surface area contributed by atoms with Crippen molar-refractivity contribution in [3.8, 4) is 11.5 Å². The molecule has 0 saturated carbocycles. The highest BCUT2D eigenvalue weighted by Gasteiger charge is 2.35. The smallest absolute Gasteiger partial charge is 0.261 e. The Hall–Kier alpha value is -2.20. The van der Waals surface area contributed by atoms with Gasteiger partial charge in [-0.15, -0.1) is 0 Å². The zero-order chi connectivity index (χ0) is 18.7. The molecule has 0 aromatic heterocycles. The van der Waals surface area contributed by atoms with Crippen molar-refractivity contribution in [3.05, 3.63) is 59.1 Å². The summed E-state index contributed by atoms with van der Waals surface area (Å²) in [5.41, 5.74) is 0.659. The molecule has 138 valence electrons. The van der Waals surface area contributed by atoms with Crippen LogP contribution >= 0.6 is 11.6 Å². The lowest BCUT2D eigenvalue weighted by molar-refractivity contribution is -0.129. The average molecular weight is 374 g/mol. The van der Waals surface area contributed by atoms with Crippen LogP contribution in [0.15, 0.2) is 48.5 Å². The Labute approximate surface area is 159 Å². The van der Waals surface area contributed by atoms with Gasteiger partial charge in [-0.05, 0) is 50.6 Å². The summed E-state index contributed by atoms with van der Waals surface area (Å²) in [5.74, 6) is 1.32. The Morgan fingerprint density at radius 1 is 1.27 bits per heavy atom. The van der Waals surface area contributed by atoms with E-state index < -0.39 is 6.10 Å². The van der Waals surface area contributed by atoms with Crippen LogP contribution in [0.3, 0.4) is 0 Å². The van der Waals surface area contributed by atoms with Crippen LogP contribution in [0.4, 0.5) is 0 Å². The monoisotopic (exact) mass is 373 g/mol. The molecule has 1 N–H and O–H groups in total. The van der Waals surface area contributed by atoms with Gasteiger partial charge in [-0.1, -0.05) is 36.7 Å². The Kier molecular flexibility index (Phi) is 5.42. The molecule has 0 aliphatic carbocycles. The van der Waals surface area contributed by atoms with E-state index in [2.05, 4.69) is 5.32 Å². The average Bonchev–Trinajstić information content (AvgIpc) is 2.60. The molecule has 5 heteroatoms. The molecule has 1 aliphatic heterocycles. The topological polar surface area (TPSA) is 47.6 Å². The van der Waals surface area contributed by atoms with Crippen LogP contribution in [0, 0.1) is 0 Å². The molecule has 26 heavy (non-hydrogen) atoms. The summed E-state index contributed by atoms with van der Waals surface area (Å²) < 4.78 is 11.9. The summed E-state index contributed by atoms with van der Waals surface area (Å²) in [6, 6.07) is 14.8. The molecular formula is C21H24ClNO3. The first-order valence-corrected chi connectivity index (χ1v) is 9.26. The van der Waals surface area contributed by atoms with E-state index >= 15 is 0 Å². The van der Waals surface area contributed by atoms with Crippen molar-refractivity contribution in [2.24, 2.45) is 0 Å². The number of carbonyl (C=O) groups excluding carboxylic acids is 1. The van der Waals surface area contributed by atoms with Gasteiger partial charge in [0.25, 0.3) is 5.91 Å². The van der Waals surface area contributed by atoms with E-state index in [0.717, 1.165) is 11.3 Å². The van der Waals surface area contributed by atoms with Gasteiger partial charge in [0, 0.05) is 17.0 Å². The second-order valence-electron chi connectivity index (χ2n) is 7.13. The van der Waals surface area contributed by atoms with E-state index in [9.17, 15) is 4.79 Å². The van der Waals surface area contributed by atoms with Gasteiger partial charge in [0.05, 0.1) is 6.04 Å². The Morgan fingerprint density at radius 2 is 1.96 bits per heavy atom. The van der Waals surface area contributed by atoms with Gasteiger partial charge < -0.3 is 14.8 Å². The van der Waals surface area contributed by atoms with Crippen molar-refractivity contribution in [1.29, 1.82) is 0 Å². The van der Waals surface area contributed by atoms with Gasteiger partial charge in [0.1, 0.15) is 17.1 Å². The number of rotatable bonds is 5. The quantitative estimate of drug-likeness (QED) is 0.809. The molecule has 1 amide bonds. The molecule has 2 aromatic carbocycles. The SMILES string of the molecule is CC[C@H](Oc1ccc(Cl)cc1)C(=O)N[C@H]1CC(C)(C)Oc2ccccc21. The highest BCUT2D eigenvalue weighted by atomic mass is 35.5. The maximum absolute atomic E-state index is 12.8. The second kappa shape index (κ2) is 7.58. The molecule has 2 atom stereocenters. The van der Waals surface area contributed by atoms with Crippen LogP contribution in [0.5, 0.6) is 11.5 Å². The summed E-state index contributed by atoms with van der Waals surface area (Å²) in [7, 11) is 0. The standard InChI is InChI=1S/C21H24ClNO3/c1-4-18(25-15-11-9-14(22)10-12-15)20(24)23-17-13-21(2,3)26-19-8-6-5-7-16(17)19/h5-12,17-18H,4,13H2,1-3H3,(H,23,24)/t17-,18-/m0/s1. The lowest BCUT2D eigenvalue weighted by Gasteiger charge is -2.38. The molecule has 0 fully saturated rings. The van der Waals surface area contributed by atoms with Crippen LogP contribution in [-0.2, 0) is 4.79 Å². The summed E-state index contributed by atoms with van der Waals surface area (Å²) in [5, 5.41) is 3.78. The van der Waals surface area contributed by atoms with Crippen LogP contribution in [0.25, 0.3) is 0 Å². The van der Waals surface area contributed by atoms with Crippen molar-refractivity contribution in [3.63, 3.8) is 0 Å². The molecule has 1 aliphatic rings. The molecule has 0 unspecified atom stereocenters. The highest BCUT2D eigenvalue weighted by molar-refractivity contribution is 6.30. The fourth-order valence-electron chi connectivity index (χ4n) is 3.20. The van der Waals surface area contributed by atoms with E-state index in [1.165, 1.54) is 0 Å². The first-order valence-electron chi connectivity index (χ1n) is 8.88. The number of hydrogen-bond acceptors (Lipinski definition) is 3. The fourth-order valence-corrected chi connectivity index (χ4v) is 3.32. The molecule has 0 spiro atoms. The summed E-state index contributed by atoms with van der Waals surface area (Å²) >= 11 is 5.90. The molecule has 0 bridgehead atoms. The third kappa shape index (κ3) is 4.31. The minimum Gasteiger partial charge on any atom is -0.487 e. The zero-order valence-electron chi connectivity index (χ0n) is 15.3. The van der Waals surface area contributed by atoms with Crippen molar-refractivity contribution in [2.45, 2.75) is 51.4 Å². The number of amides is 1. The maximum Gasteiger partial charge on any atom is 0.261 e. The van der Waals surface area contributed by atoms with Crippen LogP contribution in [-0.4, -0.2) is 17.6 Å². The highest BCUT2D eigenvalue weighted by Crippen LogP contribution is 2.39. The lowest BCUT2D eigenvalue weighted by atomic mass is 9.89. The first-order chi connectivity index (χ1) is 12.4. The molecule has 2 aromatic rings. The van der Waals surface area contributed by atoms with Crippen molar-refractivity contribution < 1.29 is 14.3 Å². The molecule has 0 saturated heterocycles. The van der Waals surface area contributed by atoms with Gasteiger partial charge in [-0.2, -0.15) is 0 Å². The third-order valence-corrected chi connectivity index (χ3v) is 4.70. The Bertz CT molecular complexity index is 773. The Morgan fingerprint density at radius 3 is 2.65 bits per heavy atom. The Balaban J connectivity index is 1.74. The minimum absolute atomic E-state index is 0.106. The number of ether oxygens (including phenoxy) is 2. The second-order valence-corrected chi connectivity index (χ2v) is 7.57. The fraction of sp³-hybridized carbons (Fsp3) is 0.381. The number of fused-ring (bicyclic) bond motifs is 1. The van der Waals surface area contributed by atoms with Crippen LogP contribution in [0.1, 0.15) is 45.2 Å². The summed E-state index contributed by atoms with van der Waals surface area (Å²) in [4.78, 5) is 12.8. The molecule has 3 rings (SSSR count). The number of hydrogen-bond donors (Lipinski definition) is 1. The number of benzene rings is 2. The van der Waals surface area contributed by atoms with E-state index in [0.29, 0.717) is 23.6 Å². The van der Waals surface area contributed by atoms with Crippen LogP contribution in [0.2, 0.25) is 5.02 Å². The zero-order valence-corrected chi connectivity index (χ0v) is 16.0. The maximum atomic E-state index is 12.8. The third-order valence-electron chi connectivity index (χ3n) is 4.45. The normalized spacial score (nSPS) is 19.0. The lowest BCUT2D eigenvalue weighted by Crippen LogP contribution is -2.45. The van der Waals surface area contributed by atoms with Crippen molar-refractivity contribution >= 4 is 17.5 Å². The van der Waals surface area contributed by atoms with Gasteiger partial charge in [0.15, 0.2) is 6.10 Å². The molecule has 4 nitrogen and oxygen atoms in total. The number of para-hydroxylation sites is 1. The van der Waals surface area contributed by atoms with Gasteiger partial charge in [-0.3, -0.25) is 4.79 Å². The summed E-state index contributed by atoms with van der Waals surface area (Å²) in [6.07, 6.45) is 0.713. The van der Waals surface area contributed by atoms with Crippen molar-refractivity contribution in [2.75, 3.05) is 0 Å². The van der Waals surface area contributed by atoms with Crippen molar-refractivity contribution in [1.82, 2.24) is 5.32 Å². The van der Waals surface area contributed by atoms with E-state index in [-0.39, 0.29) is 17.6 Å².